The molecule has 1 aliphatic rings. The number of carboxylic acids is 1. The van der Waals surface area contributed by atoms with Gasteiger partial charge in [-0.3, -0.25) is 9.59 Å². The number of amides is 1. The topological polar surface area (TPSA) is 77.8 Å². The van der Waals surface area contributed by atoms with Gasteiger partial charge in [-0.05, 0) is 43.6 Å². The minimum absolute atomic E-state index is 0.0270. The molecule has 0 spiro atoms. The number of aliphatic hydroxyl groups is 1. The normalized spacial score (nSPS) is 20.3. The van der Waals surface area contributed by atoms with E-state index in [4.69, 9.17) is 5.11 Å². The number of aliphatic carboxylic acids is 1. The van der Waals surface area contributed by atoms with Crippen LogP contribution in [0.5, 0.6) is 0 Å². The number of nitrogens with zero attached hydrogens (tertiary/aromatic N) is 1. The lowest BCUT2D eigenvalue weighted by Gasteiger charge is -2.21. The second-order valence-corrected chi connectivity index (χ2v) is 8.42. The molecular weight excluding hydrogens is 416 g/mol. The van der Waals surface area contributed by atoms with Gasteiger partial charge in [0.15, 0.2) is 0 Å². The third kappa shape index (κ3) is 8.19. The number of aryl methyl sites for hydroxylation is 1. The van der Waals surface area contributed by atoms with Crippen molar-refractivity contribution in [1.82, 2.24) is 4.90 Å². The van der Waals surface area contributed by atoms with Crippen LogP contribution in [0.3, 0.4) is 0 Å². The molecule has 0 radical (unpaired) electrons. The molecule has 7 heteroatoms. The maximum Gasteiger partial charge on any atom is 0.327 e. The van der Waals surface area contributed by atoms with Crippen molar-refractivity contribution in [2.24, 2.45) is 5.92 Å². The van der Waals surface area contributed by atoms with Crippen LogP contribution in [0, 0.1) is 5.92 Å². The summed E-state index contributed by atoms with van der Waals surface area (Å²) in [4.78, 5) is 23.7. The van der Waals surface area contributed by atoms with Crippen molar-refractivity contribution in [1.29, 1.82) is 0 Å². The zero-order valence-corrected chi connectivity index (χ0v) is 18.5. The van der Waals surface area contributed by atoms with Gasteiger partial charge >= 0.3 is 11.9 Å². The Bertz CT molecular complexity index is 794. The van der Waals surface area contributed by atoms with Crippen LogP contribution in [-0.4, -0.2) is 51.6 Å². The third-order valence-electron chi connectivity index (χ3n) is 5.75. The fourth-order valence-electron chi connectivity index (χ4n) is 3.76. The number of carboxylic acid groups (broad SMARTS) is 1. The SMILES string of the molecule is C[C@@H](CCCc1ccccc1)[C@H](O)C=CC1CC(F)(F)C(=O)N1CC=CCCCC(=O)O. The van der Waals surface area contributed by atoms with Gasteiger partial charge in [-0.2, -0.15) is 8.78 Å². The zero-order valence-electron chi connectivity index (χ0n) is 18.5. The highest BCUT2D eigenvalue weighted by Gasteiger charge is 2.52. The number of aliphatic hydroxyl groups excluding tert-OH is 1. The molecule has 2 N–H and O–H groups in total. The van der Waals surface area contributed by atoms with Crippen LogP contribution in [0.25, 0.3) is 0 Å². The zero-order chi connectivity index (χ0) is 23.6. The molecule has 1 unspecified atom stereocenters. The van der Waals surface area contributed by atoms with E-state index in [0.29, 0.717) is 12.8 Å². The van der Waals surface area contributed by atoms with Gasteiger partial charge in [0.05, 0.1) is 12.1 Å². The molecule has 0 bridgehead atoms. The maximum atomic E-state index is 14.0. The number of likely N-dealkylation sites (tertiary alicyclic amines) is 1. The Labute approximate surface area is 188 Å². The van der Waals surface area contributed by atoms with Crippen LogP contribution < -0.4 is 0 Å². The Morgan fingerprint density at radius 1 is 1.25 bits per heavy atom. The Hall–Kier alpha value is -2.54. The van der Waals surface area contributed by atoms with Crippen LogP contribution in [-0.2, 0) is 16.0 Å². The average molecular weight is 450 g/mol. The van der Waals surface area contributed by atoms with Gasteiger partial charge in [-0.25, -0.2) is 0 Å². The summed E-state index contributed by atoms with van der Waals surface area (Å²) in [7, 11) is 0. The molecule has 5 nitrogen and oxygen atoms in total. The first-order chi connectivity index (χ1) is 15.2. The number of rotatable bonds is 13. The van der Waals surface area contributed by atoms with Crippen molar-refractivity contribution in [3.63, 3.8) is 0 Å². The molecule has 1 fully saturated rings. The summed E-state index contributed by atoms with van der Waals surface area (Å²) >= 11 is 0. The van der Waals surface area contributed by atoms with E-state index in [1.54, 1.807) is 12.2 Å². The molecule has 0 aliphatic carbocycles. The highest BCUT2D eigenvalue weighted by atomic mass is 19.3. The van der Waals surface area contributed by atoms with E-state index in [-0.39, 0.29) is 18.9 Å². The van der Waals surface area contributed by atoms with Gasteiger partial charge in [-0.15, -0.1) is 0 Å². The molecule has 1 aliphatic heterocycles. The first-order valence-electron chi connectivity index (χ1n) is 11.2. The van der Waals surface area contributed by atoms with Crippen molar-refractivity contribution in [3.8, 4) is 0 Å². The maximum absolute atomic E-state index is 14.0. The molecule has 176 valence electrons. The van der Waals surface area contributed by atoms with Crippen molar-refractivity contribution in [2.75, 3.05) is 6.54 Å². The van der Waals surface area contributed by atoms with Crippen LogP contribution in [0.4, 0.5) is 8.78 Å². The predicted octanol–water partition coefficient (Wildman–Crippen LogP) is 4.61. The number of carbonyl (C=O) groups excluding carboxylic acids is 1. The lowest BCUT2D eigenvalue weighted by atomic mass is 9.95. The first kappa shape index (κ1) is 25.7. The van der Waals surface area contributed by atoms with Crippen LogP contribution >= 0.6 is 0 Å². The lowest BCUT2D eigenvalue weighted by molar-refractivity contribution is -0.147. The number of benzene rings is 1. The molecular formula is C25H33F2NO4. The number of unbranched alkanes of at least 4 members (excludes halogenated alkanes) is 1. The Balaban J connectivity index is 1.85. The van der Waals surface area contributed by atoms with Gasteiger partial charge in [0.2, 0.25) is 0 Å². The van der Waals surface area contributed by atoms with Gasteiger partial charge in [-0.1, -0.05) is 61.6 Å². The molecule has 3 atom stereocenters. The van der Waals surface area contributed by atoms with Gasteiger partial charge < -0.3 is 15.1 Å². The number of halogens is 2. The number of hydrogen-bond donors (Lipinski definition) is 2. The van der Waals surface area contributed by atoms with Crippen molar-refractivity contribution in [2.45, 2.75) is 69.9 Å². The summed E-state index contributed by atoms with van der Waals surface area (Å²) in [5.74, 6) is -5.55. The molecule has 0 saturated carbocycles. The van der Waals surface area contributed by atoms with Crippen molar-refractivity contribution < 1.29 is 28.6 Å². The molecule has 1 amide bonds. The standard InChI is InChI=1S/C25H33F2NO4/c1-19(10-9-13-20-11-5-4-6-12-20)22(29)16-15-21-18-25(26,27)24(32)28(21)17-8-3-2-7-14-23(30)31/h3-6,8,11-12,15-16,19,21-22,29H,2,7,9-10,13-14,17-18H2,1H3,(H,30,31)/t19-,21?,22+/m0/s1. The number of hydrogen-bond acceptors (Lipinski definition) is 3. The third-order valence-corrected chi connectivity index (χ3v) is 5.75. The molecule has 1 aromatic carbocycles. The van der Waals surface area contributed by atoms with Crippen LogP contribution in [0.2, 0.25) is 0 Å². The lowest BCUT2D eigenvalue weighted by Crippen LogP contribution is -2.36. The molecule has 0 aromatic heterocycles. The summed E-state index contributed by atoms with van der Waals surface area (Å²) in [5.41, 5.74) is 1.24. The molecule has 32 heavy (non-hydrogen) atoms. The van der Waals surface area contributed by atoms with Crippen LogP contribution in [0.1, 0.15) is 51.0 Å². The second kappa shape index (κ2) is 12.5. The van der Waals surface area contributed by atoms with E-state index in [2.05, 4.69) is 12.1 Å². The van der Waals surface area contributed by atoms with Crippen molar-refractivity contribution >= 4 is 11.9 Å². The molecule has 1 saturated heterocycles. The van der Waals surface area contributed by atoms with E-state index in [9.17, 15) is 23.5 Å². The molecule has 2 rings (SSSR count). The Kier molecular flexibility index (Phi) is 10.0. The molecule has 1 heterocycles. The van der Waals surface area contributed by atoms with Crippen molar-refractivity contribution in [3.05, 3.63) is 60.2 Å². The number of allylic oxidation sites excluding steroid dienone is 1. The minimum Gasteiger partial charge on any atom is -0.481 e. The summed E-state index contributed by atoms with van der Waals surface area (Å²) < 4.78 is 28.0. The summed E-state index contributed by atoms with van der Waals surface area (Å²) in [5, 5.41) is 19.1. The van der Waals surface area contributed by atoms with E-state index < -0.39 is 36.4 Å². The average Bonchev–Trinajstić information content (AvgIpc) is 2.97. The highest BCUT2D eigenvalue weighted by Crippen LogP contribution is 2.34. The second-order valence-electron chi connectivity index (χ2n) is 8.42. The summed E-state index contributed by atoms with van der Waals surface area (Å²) in [6, 6.07) is 9.29. The van der Waals surface area contributed by atoms with Gasteiger partial charge in [0, 0.05) is 19.4 Å². The number of carbonyl (C=O) groups is 2. The summed E-state index contributed by atoms with van der Waals surface area (Å²) in [6.07, 6.45) is 8.59. The van der Waals surface area contributed by atoms with E-state index in [0.717, 1.165) is 24.2 Å². The van der Waals surface area contributed by atoms with Gasteiger partial charge in [0.25, 0.3) is 5.91 Å². The van der Waals surface area contributed by atoms with Gasteiger partial charge in [0.1, 0.15) is 0 Å². The van der Waals surface area contributed by atoms with E-state index >= 15 is 0 Å². The fraction of sp³-hybridized carbons (Fsp3) is 0.520. The number of alkyl halides is 2. The quantitative estimate of drug-likeness (QED) is 0.341. The smallest absolute Gasteiger partial charge is 0.327 e. The predicted molar refractivity (Wildman–Crippen MR) is 119 cm³/mol. The minimum atomic E-state index is -3.42. The van der Waals surface area contributed by atoms with E-state index in [1.165, 1.54) is 17.7 Å². The molecule has 1 aromatic rings. The van der Waals surface area contributed by atoms with Crippen LogP contribution in [0.15, 0.2) is 54.6 Å². The fourth-order valence-corrected chi connectivity index (χ4v) is 3.76. The Morgan fingerprint density at radius 2 is 1.97 bits per heavy atom. The first-order valence-corrected chi connectivity index (χ1v) is 11.2. The Morgan fingerprint density at radius 3 is 2.66 bits per heavy atom. The van der Waals surface area contributed by atoms with E-state index in [1.807, 2.05) is 25.1 Å². The monoisotopic (exact) mass is 449 g/mol. The largest absolute Gasteiger partial charge is 0.481 e. The highest BCUT2D eigenvalue weighted by molar-refractivity contribution is 5.86. The summed E-state index contributed by atoms with van der Waals surface area (Å²) in [6.45, 7) is 1.95.